The van der Waals surface area contributed by atoms with Gasteiger partial charge in [-0.05, 0) is 18.2 Å². The van der Waals surface area contributed by atoms with Crippen LogP contribution in [0.3, 0.4) is 0 Å². The molecule has 3 rings (SSSR count). The Morgan fingerprint density at radius 1 is 1.14 bits per heavy atom. The molecule has 0 saturated carbocycles. The fraction of sp³-hybridized carbons (Fsp3) is 0.250. The first kappa shape index (κ1) is 13.4. The number of hydrogen-bond acceptors (Lipinski definition) is 4. The minimum absolute atomic E-state index is 0.0144. The van der Waals surface area contributed by atoms with Gasteiger partial charge in [-0.25, -0.2) is 4.98 Å². The zero-order valence-corrected chi connectivity index (χ0v) is 11.5. The summed E-state index contributed by atoms with van der Waals surface area (Å²) < 4.78 is 11.1. The van der Waals surface area contributed by atoms with Crippen molar-refractivity contribution in [1.82, 2.24) is 9.88 Å². The Morgan fingerprint density at radius 3 is 2.62 bits per heavy atom. The number of ether oxygens (including phenoxy) is 2. The molecule has 1 aliphatic rings. The van der Waals surface area contributed by atoms with Crippen molar-refractivity contribution < 1.29 is 14.3 Å². The van der Waals surface area contributed by atoms with Gasteiger partial charge in [-0.15, -0.1) is 0 Å². The molecule has 1 saturated heterocycles. The van der Waals surface area contributed by atoms with Gasteiger partial charge in [-0.1, -0.05) is 24.3 Å². The van der Waals surface area contributed by atoms with Crippen molar-refractivity contribution in [1.29, 1.82) is 0 Å². The molecule has 1 amide bonds. The molecule has 5 nitrogen and oxygen atoms in total. The highest BCUT2D eigenvalue weighted by atomic mass is 16.5. The van der Waals surface area contributed by atoms with Crippen LogP contribution in [0.1, 0.15) is 0 Å². The minimum Gasteiger partial charge on any atom is -0.484 e. The van der Waals surface area contributed by atoms with Crippen molar-refractivity contribution in [3.05, 3.63) is 54.7 Å². The van der Waals surface area contributed by atoms with E-state index in [4.69, 9.17) is 9.47 Å². The van der Waals surface area contributed by atoms with Gasteiger partial charge in [0.1, 0.15) is 11.9 Å². The van der Waals surface area contributed by atoms with Crippen LogP contribution in [0.15, 0.2) is 54.7 Å². The molecule has 0 atom stereocenters. The number of nitrogens with zero attached hydrogens (tertiary/aromatic N) is 2. The van der Waals surface area contributed by atoms with E-state index in [9.17, 15) is 4.79 Å². The first-order valence-electron chi connectivity index (χ1n) is 6.84. The summed E-state index contributed by atoms with van der Waals surface area (Å²) in [5.74, 6) is 1.27. The fourth-order valence-corrected chi connectivity index (χ4v) is 2.06. The van der Waals surface area contributed by atoms with Gasteiger partial charge in [0.2, 0.25) is 5.88 Å². The highest BCUT2D eigenvalue weighted by molar-refractivity contribution is 5.78. The van der Waals surface area contributed by atoms with Crippen LogP contribution in [-0.4, -0.2) is 41.6 Å². The van der Waals surface area contributed by atoms with Crippen molar-refractivity contribution in [3.63, 3.8) is 0 Å². The van der Waals surface area contributed by atoms with Crippen molar-refractivity contribution in [2.24, 2.45) is 0 Å². The number of carbonyl (C=O) groups excluding carboxylic acids is 1. The number of likely N-dealkylation sites (tertiary alicyclic amines) is 1. The maximum absolute atomic E-state index is 11.9. The predicted octanol–water partition coefficient (Wildman–Crippen LogP) is 1.75. The molecule has 2 heterocycles. The summed E-state index contributed by atoms with van der Waals surface area (Å²) in [6.07, 6.45) is 1.70. The quantitative estimate of drug-likeness (QED) is 0.839. The Bertz CT molecular complexity index is 583. The van der Waals surface area contributed by atoms with Gasteiger partial charge in [0, 0.05) is 12.3 Å². The summed E-state index contributed by atoms with van der Waals surface area (Å²) in [4.78, 5) is 17.7. The van der Waals surface area contributed by atoms with E-state index in [1.165, 1.54) is 0 Å². The van der Waals surface area contributed by atoms with Crippen LogP contribution in [-0.2, 0) is 4.79 Å². The van der Waals surface area contributed by atoms with Gasteiger partial charge < -0.3 is 14.4 Å². The van der Waals surface area contributed by atoms with E-state index in [1.54, 1.807) is 11.1 Å². The standard InChI is InChI=1S/C16H16N2O3/c19-16(12-20-13-6-2-1-3-7-13)18-10-14(11-18)21-15-8-4-5-9-17-15/h1-9,14H,10-12H2. The molecule has 5 heteroatoms. The monoisotopic (exact) mass is 284 g/mol. The summed E-state index contributed by atoms with van der Waals surface area (Å²) in [6, 6.07) is 14.8. The van der Waals surface area contributed by atoms with E-state index < -0.39 is 0 Å². The Labute approximate surface area is 123 Å². The van der Waals surface area contributed by atoms with Gasteiger partial charge in [-0.3, -0.25) is 4.79 Å². The van der Waals surface area contributed by atoms with Crippen LogP contribution >= 0.6 is 0 Å². The number of hydrogen-bond donors (Lipinski definition) is 0. The van der Waals surface area contributed by atoms with Crippen molar-refractivity contribution in [2.75, 3.05) is 19.7 Å². The van der Waals surface area contributed by atoms with Gasteiger partial charge >= 0.3 is 0 Å². The molecule has 0 unspecified atom stereocenters. The summed E-state index contributed by atoms with van der Waals surface area (Å²) in [6.45, 7) is 1.21. The maximum Gasteiger partial charge on any atom is 0.260 e. The lowest BCUT2D eigenvalue weighted by Gasteiger charge is -2.38. The number of pyridine rings is 1. The first-order valence-corrected chi connectivity index (χ1v) is 6.84. The summed E-state index contributed by atoms with van der Waals surface area (Å²) in [7, 11) is 0. The normalized spacial score (nSPS) is 14.4. The van der Waals surface area contributed by atoms with Gasteiger partial charge in [0.15, 0.2) is 6.61 Å². The Kier molecular flexibility index (Phi) is 4.00. The van der Waals surface area contributed by atoms with Crippen LogP contribution in [0.25, 0.3) is 0 Å². The van der Waals surface area contributed by atoms with Crippen LogP contribution in [0.2, 0.25) is 0 Å². The maximum atomic E-state index is 11.9. The zero-order valence-electron chi connectivity index (χ0n) is 11.5. The SMILES string of the molecule is O=C(COc1ccccc1)N1CC(Oc2ccccn2)C1. The second-order valence-corrected chi connectivity index (χ2v) is 4.81. The number of benzene rings is 1. The largest absolute Gasteiger partial charge is 0.484 e. The molecule has 0 aliphatic carbocycles. The lowest BCUT2D eigenvalue weighted by atomic mass is 10.1. The number of para-hydroxylation sites is 1. The molecule has 0 N–H and O–H groups in total. The molecule has 1 aliphatic heterocycles. The topological polar surface area (TPSA) is 51.7 Å². The number of amides is 1. The highest BCUT2D eigenvalue weighted by Gasteiger charge is 2.32. The van der Waals surface area contributed by atoms with E-state index in [0.29, 0.717) is 24.7 Å². The molecule has 2 aromatic rings. The second-order valence-electron chi connectivity index (χ2n) is 4.81. The third-order valence-corrected chi connectivity index (χ3v) is 3.23. The van der Waals surface area contributed by atoms with Crippen LogP contribution in [0, 0.1) is 0 Å². The molecule has 0 bridgehead atoms. The van der Waals surface area contributed by atoms with Crippen LogP contribution < -0.4 is 9.47 Å². The molecular formula is C16H16N2O3. The van der Waals surface area contributed by atoms with Crippen LogP contribution in [0.4, 0.5) is 0 Å². The molecule has 0 spiro atoms. The summed E-state index contributed by atoms with van der Waals surface area (Å²) in [5.41, 5.74) is 0. The first-order chi connectivity index (χ1) is 10.3. The van der Waals surface area contributed by atoms with Crippen molar-refractivity contribution in [2.45, 2.75) is 6.10 Å². The van der Waals surface area contributed by atoms with Crippen molar-refractivity contribution >= 4 is 5.91 Å². The fourth-order valence-electron chi connectivity index (χ4n) is 2.06. The summed E-state index contributed by atoms with van der Waals surface area (Å²) in [5, 5.41) is 0. The van der Waals surface area contributed by atoms with E-state index in [2.05, 4.69) is 4.98 Å². The van der Waals surface area contributed by atoms with Crippen LogP contribution in [0.5, 0.6) is 11.6 Å². The van der Waals surface area contributed by atoms with E-state index in [0.717, 1.165) is 0 Å². The minimum atomic E-state index is -0.0280. The van der Waals surface area contributed by atoms with E-state index in [-0.39, 0.29) is 18.6 Å². The summed E-state index contributed by atoms with van der Waals surface area (Å²) >= 11 is 0. The zero-order chi connectivity index (χ0) is 14.5. The Hall–Kier alpha value is -2.56. The predicted molar refractivity (Wildman–Crippen MR) is 77.2 cm³/mol. The Morgan fingerprint density at radius 2 is 1.90 bits per heavy atom. The van der Waals surface area contributed by atoms with Gasteiger partial charge in [0.05, 0.1) is 13.1 Å². The number of rotatable bonds is 5. The average Bonchev–Trinajstić information content (AvgIpc) is 2.50. The molecule has 1 aromatic carbocycles. The van der Waals surface area contributed by atoms with E-state index in [1.807, 2.05) is 48.5 Å². The van der Waals surface area contributed by atoms with Gasteiger partial charge in [0.25, 0.3) is 5.91 Å². The number of aromatic nitrogens is 1. The lowest BCUT2D eigenvalue weighted by molar-refractivity contribution is -0.142. The highest BCUT2D eigenvalue weighted by Crippen LogP contribution is 2.16. The number of carbonyl (C=O) groups is 1. The third kappa shape index (κ3) is 3.51. The Balaban J connectivity index is 1.40. The van der Waals surface area contributed by atoms with Crippen molar-refractivity contribution in [3.8, 4) is 11.6 Å². The molecule has 21 heavy (non-hydrogen) atoms. The lowest BCUT2D eigenvalue weighted by Crippen LogP contribution is -2.57. The average molecular weight is 284 g/mol. The van der Waals surface area contributed by atoms with E-state index >= 15 is 0 Å². The van der Waals surface area contributed by atoms with Gasteiger partial charge in [-0.2, -0.15) is 0 Å². The second kappa shape index (κ2) is 6.26. The molecule has 0 radical (unpaired) electrons. The molecule has 108 valence electrons. The smallest absolute Gasteiger partial charge is 0.260 e. The molecular weight excluding hydrogens is 268 g/mol. The molecule has 1 aromatic heterocycles. The molecule has 1 fully saturated rings. The third-order valence-electron chi connectivity index (χ3n) is 3.23.